The zero-order valence-electron chi connectivity index (χ0n) is 14.9. The summed E-state index contributed by atoms with van der Waals surface area (Å²) in [5.74, 6) is -1.64. The molecule has 0 radical (unpaired) electrons. The number of barbiturate groups is 1. The Morgan fingerprint density at radius 2 is 1.96 bits per heavy atom. The normalized spacial score (nSPS) is 19.0. The van der Waals surface area contributed by atoms with Gasteiger partial charge in [0, 0.05) is 43.0 Å². The maximum atomic E-state index is 12.6. The number of benzene rings is 1. The van der Waals surface area contributed by atoms with Crippen LogP contribution in [0.4, 0.5) is 16.2 Å². The lowest BCUT2D eigenvalue weighted by Gasteiger charge is -2.30. The highest BCUT2D eigenvalue weighted by Crippen LogP contribution is 2.29. The number of nitro benzene ring substituents is 1. The number of ether oxygens (including phenoxy) is 1. The predicted octanol–water partition coefficient (Wildman–Crippen LogP) is 1.08. The Kier molecular flexibility index (Phi) is 5.50. The number of nitrogens with zero attached hydrogens (tertiary/aromatic N) is 3. The first-order valence-corrected chi connectivity index (χ1v) is 8.53. The lowest BCUT2D eigenvalue weighted by molar-refractivity contribution is -0.384. The minimum Gasteiger partial charge on any atom is -0.378 e. The van der Waals surface area contributed by atoms with Gasteiger partial charge in [0.05, 0.1) is 18.1 Å². The summed E-state index contributed by atoms with van der Waals surface area (Å²) < 4.78 is 5.32. The molecule has 2 heterocycles. The van der Waals surface area contributed by atoms with Crippen LogP contribution >= 0.6 is 0 Å². The zero-order valence-corrected chi connectivity index (χ0v) is 14.9. The van der Waals surface area contributed by atoms with Crippen LogP contribution in [-0.4, -0.2) is 60.5 Å². The van der Waals surface area contributed by atoms with Crippen LogP contribution in [0.15, 0.2) is 36.4 Å². The van der Waals surface area contributed by atoms with E-state index in [1.54, 1.807) is 6.07 Å². The van der Waals surface area contributed by atoms with Crippen molar-refractivity contribution in [2.24, 2.45) is 0 Å². The summed E-state index contributed by atoms with van der Waals surface area (Å²) in [6.07, 6.45) is 2.63. The number of imide groups is 2. The lowest BCUT2D eigenvalue weighted by atomic mass is 10.0. The van der Waals surface area contributed by atoms with Crippen LogP contribution in [0.1, 0.15) is 5.56 Å². The van der Waals surface area contributed by atoms with Gasteiger partial charge < -0.3 is 9.64 Å². The highest BCUT2D eigenvalue weighted by atomic mass is 16.6. The van der Waals surface area contributed by atoms with Crippen molar-refractivity contribution < 1.29 is 24.0 Å². The summed E-state index contributed by atoms with van der Waals surface area (Å²) in [4.78, 5) is 50.1. The van der Waals surface area contributed by atoms with Gasteiger partial charge in [-0.15, -0.1) is 6.58 Å². The number of anilines is 1. The van der Waals surface area contributed by atoms with Crippen LogP contribution < -0.4 is 10.2 Å². The molecule has 1 aromatic rings. The number of carbonyl (C=O) groups excluding carboxylic acids is 3. The van der Waals surface area contributed by atoms with E-state index in [9.17, 15) is 24.5 Å². The fourth-order valence-corrected chi connectivity index (χ4v) is 3.01. The Morgan fingerprint density at radius 1 is 1.25 bits per heavy atom. The molecule has 2 aliphatic rings. The Bertz CT molecular complexity index is 888. The number of hydrogen-bond acceptors (Lipinski definition) is 7. The van der Waals surface area contributed by atoms with E-state index in [1.165, 1.54) is 24.3 Å². The standard InChI is InChI=1S/C18H18N4O6/c1-2-5-21-17(24)14(16(23)19-18(21)25)11-12-10-13(22(26)27)3-4-15(12)20-6-8-28-9-7-20/h2-4,10-11H,1,5-9H2,(H,19,23,25)/b14-11-. The Labute approximate surface area is 160 Å². The van der Waals surface area contributed by atoms with Crippen LogP contribution in [0.25, 0.3) is 6.08 Å². The first-order valence-electron chi connectivity index (χ1n) is 8.53. The monoisotopic (exact) mass is 386 g/mol. The third-order valence-electron chi connectivity index (χ3n) is 4.37. The Morgan fingerprint density at radius 3 is 2.61 bits per heavy atom. The molecule has 146 valence electrons. The first-order chi connectivity index (χ1) is 13.4. The largest absolute Gasteiger partial charge is 0.378 e. The van der Waals surface area contributed by atoms with E-state index in [4.69, 9.17) is 4.74 Å². The number of rotatable bonds is 5. The van der Waals surface area contributed by atoms with Crippen LogP contribution in [-0.2, 0) is 14.3 Å². The highest BCUT2D eigenvalue weighted by molar-refractivity contribution is 6.31. The minimum absolute atomic E-state index is 0.0689. The Balaban J connectivity index is 2.06. The second kappa shape index (κ2) is 8.01. The summed E-state index contributed by atoms with van der Waals surface area (Å²) in [5.41, 5.74) is 0.514. The molecule has 2 fully saturated rings. The molecule has 0 atom stereocenters. The van der Waals surface area contributed by atoms with Gasteiger partial charge in [-0.3, -0.25) is 29.9 Å². The van der Waals surface area contributed by atoms with E-state index >= 15 is 0 Å². The third kappa shape index (κ3) is 3.76. The van der Waals surface area contributed by atoms with Crippen LogP contribution in [0.5, 0.6) is 0 Å². The number of urea groups is 1. The number of amides is 4. The molecule has 0 saturated carbocycles. The van der Waals surface area contributed by atoms with E-state index in [0.29, 0.717) is 37.6 Å². The molecule has 2 aliphatic heterocycles. The summed E-state index contributed by atoms with van der Waals surface area (Å²) in [6, 6.07) is 3.41. The van der Waals surface area contributed by atoms with E-state index in [2.05, 4.69) is 11.9 Å². The van der Waals surface area contributed by atoms with Crippen molar-refractivity contribution in [3.63, 3.8) is 0 Å². The van der Waals surface area contributed by atoms with Gasteiger partial charge in [-0.05, 0) is 12.1 Å². The van der Waals surface area contributed by atoms with Gasteiger partial charge in [-0.1, -0.05) is 6.08 Å². The number of morpholine rings is 1. The molecule has 0 aliphatic carbocycles. The van der Waals surface area contributed by atoms with Crippen LogP contribution in [0.3, 0.4) is 0 Å². The molecular weight excluding hydrogens is 368 g/mol. The van der Waals surface area contributed by atoms with Crippen molar-refractivity contribution in [1.82, 2.24) is 10.2 Å². The van der Waals surface area contributed by atoms with Gasteiger partial charge in [0.25, 0.3) is 17.5 Å². The van der Waals surface area contributed by atoms with E-state index < -0.39 is 22.8 Å². The predicted molar refractivity (Wildman–Crippen MR) is 99.6 cm³/mol. The Hall–Kier alpha value is -3.53. The molecule has 1 N–H and O–H groups in total. The molecule has 28 heavy (non-hydrogen) atoms. The van der Waals surface area contributed by atoms with E-state index in [-0.39, 0.29) is 17.8 Å². The molecule has 3 rings (SSSR count). The van der Waals surface area contributed by atoms with Gasteiger partial charge >= 0.3 is 6.03 Å². The maximum absolute atomic E-state index is 12.6. The summed E-state index contributed by atoms with van der Waals surface area (Å²) in [6.45, 7) is 5.53. The fraction of sp³-hybridized carbons (Fsp3) is 0.278. The smallest absolute Gasteiger partial charge is 0.331 e. The average Bonchev–Trinajstić information content (AvgIpc) is 2.69. The molecular formula is C18H18N4O6. The van der Waals surface area contributed by atoms with E-state index in [1.807, 2.05) is 4.90 Å². The van der Waals surface area contributed by atoms with Gasteiger partial charge in [-0.2, -0.15) is 0 Å². The number of non-ortho nitro benzene ring substituents is 1. The first kappa shape index (κ1) is 19.2. The molecule has 1 aromatic carbocycles. The SMILES string of the molecule is C=CCN1C(=O)NC(=O)/C(=C/c2cc([N+](=O)[O-])ccc2N2CCOCC2)C1=O. The van der Waals surface area contributed by atoms with Gasteiger partial charge in [-0.25, -0.2) is 4.79 Å². The topological polar surface area (TPSA) is 122 Å². The number of nitro groups is 1. The third-order valence-corrected chi connectivity index (χ3v) is 4.37. The molecule has 4 amide bonds. The second-order valence-electron chi connectivity index (χ2n) is 6.12. The summed E-state index contributed by atoms with van der Waals surface area (Å²) >= 11 is 0. The minimum atomic E-state index is -0.852. The molecule has 0 spiro atoms. The molecule has 0 unspecified atom stereocenters. The maximum Gasteiger partial charge on any atom is 0.331 e. The summed E-state index contributed by atoms with van der Waals surface area (Å²) in [5, 5.41) is 13.3. The second-order valence-corrected chi connectivity index (χ2v) is 6.12. The van der Waals surface area contributed by atoms with Crippen molar-refractivity contribution in [2.75, 3.05) is 37.7 Å². The number of carbonyl (C=O) groups is 3. The van der Waals surface area contributed by atoms with Crippen molar-refractivity contribution in [1.29, 1.82) is 0 Å². The molecule has 0 aromatic heterocycles. The van der Waals surface area contributed by atoms with Crippen molar-refractivity contribution in [3.05, 3.63) is 52.1 Å². The summed E-state index contributed by atoms with van der Waals surface area (Å²) in [7, 11) is 0. The highest BCUT2D eigenvalue weighted by Gasteiger charge is 2.35. The molecule has 2 saturated heterocycles. The van der Waals surface area contributed by atoms with Gasteiger partial charge in [0.2, 0.25) is 0 Å². The quantitative estimate of drug-likeness (QED) is 0.264. The average molecular weight is 386 g/mol. The molecule has 10 nitrogen and oxygen atoms in total. The zero-order chi connectivity index (χ0) is 20.3. The van der Waals surface area contributed by atoms with Crippen molar-refractivity contribution >= 4 is 35.3 Å². The van der Waals surface area contributed by atoms with Crippen LogP contribution in [0, 0.1) is 10.1 Å². The van der Waals surface area contributed by atoms with Crippen molar-refractivity contribution in [2.45, 2.75) is 0 Å². The van der Waals surface area contributed by atoms with Gasteiger partial charge in [0.15, 0.2) is 0 Å². The van der Waals surface area contributed by atoms with Crippen molar-refractivity contribution in [3.8, 4) is 0 Å². The molecule has 0 bridgehead atoms. The van der Waals surface area contributed by atoms with Crippen LogP contribution in [0.2, 0.25) is 0 Å². The number of nitrogens with one attached hydrogen (secondary N) is 1. The number of hydrogen-bond donors (Lipinski definition) is 1. The van der Waals surface area contributed by atoms with E-state index in [0.717, 1.165) is 4.90 Å². The molecule has 10 heteroatoms. The lowest BCUT2D eigenvalue weighted by Crippen LogP contribution is -2.54. The van der Waals surface area contributed by atoms with Gasteiger partial charge in [0.1, 0.15) is 5.57 Å². The fourth-order valence-electron chi connectivity index (χ4n) is 3.01.